The minimum atomic E-state index is -0.963. The number of urea groups is 1. The molecule has 25 heavy (non-hydrogen) atoms. The minimum Gasteiger partial charge on any atom is -0.459 e. The highest BCUT2D eigenvalue weighted by atomic mass is 16.6. The van der Waals surface area contributed by atoms with Gasteiger partial charge in [-0.25, -0.2) is 4.79 Å². The number of nitro benzene ring substituents is 1. The quantitative estimate of drug-likeness (QED) is 0.347. The predicted octanol–water partition coefficient (Wildman–Crippen LogP) is 1.75. The number of imide groups is 1. The highest BCUT2D eigenvalue weighted by molar-refractivity contribution is 6.08. The number of ether oxygens (including phenoxy) is 1. The maximum atomic E-state index is 12.4. The van der Waals surface area contributed by atoms with E-state index in [0.29, 0.717) is 18.4 Å². The van der Waals surface area contributed by atoms with Crippen LogP contribution in [0.25, 0.3) is 0 Å². The van der Waals surface area contributed by atoms with E-state index in [1.165, 1.54) is 24.3 Å². The largest absolute Gasteiger partial charge is 0.459 e. The van der Waals surface area contributed by atoms with Crippen molar-refractivity contribution in [3.05, 3.63) is 39.9 Å². The van der Waals surface area contributed by atoms with E-state index in [2.05, 4.69) is 5.32 Å². The lowest BCUT2D eigenvalue weighted by molar-refractivity contribution is -0.384. The Bertz CT molecular complexity index is 696. The van der Waals surface area contributed by atoms with Gasteiger partial charge >= 0.3 is 12.0 Å². The van der Waals surface area contributed by atoms with Gasteiger partial charge in [-0.3, -0.25) is 24.6 Å². The average Bonchev–Trinajstić information content (AvgIpc) is 2.85. The summed E-state index contributed by atoms with van der Waals surface area (Å²) < 4.78 is 5.04. The van der Waals surface area contributed by atoms with Crippen molar-refractivity contribution >= 4 is 23.6 Å². The van der Waals surface area contributed by atoms with E-state index in [9.17, 15) is 24.5 Å². The van der Waals surface area contributed by atoms with Crippen molar-refractivity contribution in [1.82, 2.24) is 10.2 Å². The number of nitro groups is 1. The Morgan fingerprint density at radius 2 is 1.84 bits per heavy atom. The molecule has 0 spiro atoms. The highest BCUT2D eigenvalue weighted by Gasteiger charge is 2.49. The van der Waals surface area contributed by atoms with Gasteiger partial charge in [0.1, 0.15) is 18.7 Å². The molecule has 1 aromatic rings. The van der Waals surface area contributed by atoms with Crippen molar-refractivity contribution in [3.8, 4) is 0 Å². The Morgan fingerprint density at radius 3 is 2.32 bits per heavy atom. The van der Waals surface area contributed by atoms with E-state index in [1.807, 2.05) is 0 Å². The molecule has 9 nitrogen and oxygen atoms in total. The van der Waals surface area contributed by atoms with Crippen LogP contribution in [0.5, 0.6) is 0 Å². The molecular weight excluding hydrogens is 330 g/mol. The SMILES string of the molecule is CCC1(CC)NC(=O)N(CC(=O)OCc2ccc([N+](=O)[O-])cc2)C1=O. The van der Waals surface area contributed by atoms with Gasteiger partial charge in [0.2, 0.25) is 0 Å². The lowest BCUT2D eigenvalue weighted by atomic mass is 9.93. The zero-order valence-electron chi connectivity index (χ0n) is 14.0. The first-order chi connectivity index (χ1) is 11.8. The predicted molar refractivity (Wildman–Crippen MR) is 86.5 cm³/mol. The molecule has 0 radical (unpaired) electrons. The van der Waals surface area contributed by atoms with Crippen LogP contribution in [0.1, 0.15) is 32.3 Å². The summed E-state index contributed by atoms with van der Waals surface area (Å²) in [6, 6.07) is 4.94. The Balaban J connectivity index is 1.93. The first-order valence-electron chi connectivity index (χ1n) is 7.86. The number of carbonyl (C=O) groups is 3. The molecule has 9 heteroatoms. The van der Waals surface area contributed by atoms with E-state index in [4.69, 9.17) is 4.74 Å². The topological polar surface area (TPSA) is 119 Å². The van der Waals surface area contributed by atoms with Gasteiger partial charge < -0.3 is 10.1 Å². The van der Waals surface area contributed by atoms with Crippen LogP contribution in [0.15, 0.2) is 24.3 Å². The van der Waals surface area contributed by atoms with Gasteiger partial charge in [-0.05, 0) is 30.5 Å². The van der Waals surface area contributed by atoms with Crippen molar-refractivity contribution in [2.75, 3.05) is 6.54 Å². The van der Waals surface area contributed by atoms with Crippen molar-refractivity contribution in [2.24, 2.45) is 0 Å². The summed E-state index contributed by atoms with van der Waals surface area (Å²) in [5, 5.41) is 13.2. The maximum Gasteiger partial charge on any atom is 0.326 e. The first kappa shape index (κ1) is 18.4. The smallest absolute Gasteiger partial charge is 0.326 e. The van der Waals surface area contributed by atoms with Gasteiger partial charge in [-0.2, -0.15) is 0 Å². The number of hydrogen-bond donors (Lipinski definition) is 1. The molecule has 1 heterocycles. The first-order valence-corrected chi connectivity index (χ1v) is 7.86. The molecule has 3 amide bonds. The third kappa shape index (κ3) is 3.76. The van der Waals surface area contributed by atoms with Crippen LogP contribution >= 0.6 is 0 Å². The number of nitrogens with zero attached hydrogens (tertiary/aromatic N) is 2. The van der Waals surface area contributed by atoms with Crippen LogP contribution in [-0.4, -0.2) is 39.8 Å². The third-order valence-corrected chi connectivity index (χ3v) is 4.29. The number of rotatable bonds is 7. The fourth-order valence-corrected chi connectivity index (χ4v) is 2.60. The number of non-ortho nitro benzene ring substituents is 1. The van der Waals surface area contributed by atoms with Gasteiger partial charge in [-0.1, -0.05) is 13.8 Å². The van der Waals surface area contributed by atoms with Gasteiger partial charge in [0, 0.05) is 12.1 Å². The van der Waals surface area contributed by atoms with Crippen LogP contribution in [0.4, 0.5) is 10.5 Å². The van der Waals surface area contributed by atoms with E-state index in [-0.39, 0.29) is 12.3 Å². The van der Waals surface area contributed by atoms with Crippen molar-refractivity contribution in [3.63, 3.8) is 0 Å². The van der Waals surface area contributed by atoms with Crippen molar-refractivity contribution in [1.29, 1.82) is 0 Å². The molecule has 134 valence electrons. The van der Waals surface area contributed by atoms with Crippen LogP contribution in [0.2, 0.25) is 0 Å². The standard InChI is InChI=1S/C16H19N3O6/c1-3-16(4-2)14(21)18(15(22)17-16)9-13(20)25-10-11-5-7-12(8-6-11)19(23)24/h5-8H,3-4,9-10H2,1-2H3,(H,17,22). The monoisotopic (exact) mass is 349 g/mol. The number of amides is 3. The summed E-state index contributed by atoms with van der Waals surface area (Å²) in [5.41, 5.74) is -0.465. The Morgan fingerprint density at radius 1 is 1.24 bits per heavy atom. The molecule has 0 unspecified atom stereocenters. The minimum absolute atomic E-state index is 0.0649. The molecule has 0 aliphatic carbocycles. The van der Waals surface area contributed by atoms with E-state index in [0.717, 1.165) is 4.90 Å². The van der Waals surface area contributed by atoms with E-state index in [1.54, 1.807) is 13.8 Å². The zero-order valence-corrected chi connectivity index (χ0v) is 14.0. The van der Waals surface area contributed by atoms with Gasteiger partial charge in [0.15, 0.2) is 0 Å². The summed E-state index contributed by atoms with van der Waals surface area (Å²) in [4.78, 5) is 47.2. The highest BCUT2D eigenvalue weighted by Crippen LogP contribution is 2.24. The normalized spacial score (nSPS) is 15.8. The summed E-state index contributed by atoms with van der Waals surface area (Å²) in [5.74, 6) is -1.17. The summed E-state index contributed by atoms with van der Waals surface area (Å²) in [6.07, 6.45) is 0.866. The van der Waals surface area contributed by atoms with Crippen LogP contribution in [0.3, 0.4) is 0 Å². The number of nitrogens with one attached hydrogen (secondary N) is 1. The molecule has 1 saturated heterocycles. The lowest BCUT2D eigenvalue weighted by Crippen LogP contribution is -2.46. The molecule has 1 N–H and O–H groups in total. The Hall–Kier alpha value is -2.97. The van der Waals surface area contributed by atoms with E-state index >= 15 is 0 Å². The molecule has 0 bridgehead atoms. The van der Waals surface area contributed by atoms with Gasteiger partial charge in [-0.15, -0.1) is 0 Å². The molecule has 1 fully saturated rings. The maximum absolute atomic E-state index is 12.4. The molecular formula is C16H19N3O6. The molecule has 0 atom stereocenters. The molecule has 1 aliphatic heterocycles. The Labute approximate surface area is 144 Å². The number of esters is 1. The van der Waals surface area contributed by atoms with Crippen LogP contribution in [-0.2, 0) is 20.9 Å². The summed E-state index contributed by atoms with van der Waals surface area (Å²) >= 11 is 0. The number of carbonyl (C=O) groups excluding carboxylic acids is 3. The molecule has 1 aromatic carbocycles. The Kier molecular flexibility index (Phi) is 5.35. The second kappa shape index (κ2) is 7.29. The van der Waals surface area contributed by atoms with Gasteiger partial charge in [0.05, 0.1) is 4.92 Å². The fourth-order valence-electron chi connectivity index (χ4n) is 2.60. The van der Waals surface area contributed by atoms with Crippen LogP contribution in [0, 0.1) is 10.1 Å². The number of hydrogen-bond acceptors (Lipinski definition) is 6. The van der Waals surface area contributed by atoms with E-state index < -0.39 is 34.9 Å². The molecule has 1 aliphatic rings. The molecule has 0 saturated carbocycles. The van der Waals surface area contributed by atoms with Crippen molar-refractivity contribution in [2.45, 2.75) is 38.8 Å². The zero-order chi connectivity index (χ0) is 18.6. The second-order valence-corrected chi connectivity index (χ2v) is 5.69. The second-order valence-electron chi connectivity index (χ2n) is 5.69. The average molecular weight is 349 g/mol. The third-order valence-electron chi connectivity index (χ3n) is 4.29. The summed E-state index contributed by atoms with van der Waals surface area (Å²) in [6.45, 7) is 3.00. The van der Waals surface area contributed by atoms with Crippen LogP contribution < -0.4 is 5.32 Å². The van der Waals surface area contributed by atoms with Gasteiger partial charge in [0.25, 0.3) is 11.6 Å². The van der Waals surface area contributed by atoms with Crippen molar-refractivity contribution < 1.29 is 24.0 Å². The number of benzene rings is 1. The summed E-state index contributed by atoms with van der Waals surface area (Å²) in [7, 11) is 0. The molecule has 0 aromatic heterocycles. The lowest BCUT2D eigenvalue weighted by Gasteiger charge is -2.22. The molecule has 2 rings (SSSR count). The fraction of sp³-hybridized carbons (Fsp3) is 0.438.